The molecule has 0 amide bonds. The molecular weight excluding hydrogens is 276 g/mol. The van der Waals surface area contributed by atoms with E-state index in [0.717, 1.165) is 17.8 Å². The van der Waals surface area contributed by atoms with Crippen molar-refractivity contribution in [2.75, 3.05) is 13.2 Å². The molecule has 0 aliphatic heterocycles. The summed E-state index contributed by atoms with van der Waals surface area (Å²) in [6.07, 6.45) is 4.10. The summed E-state index contributed by atoms with van der Waals surface area (Å²) >= 11 is 5.97. The van der Waals surface area contributed by atoms with Crippen molar-refractivity contribution in [2.24, 2.45) is 0 Å². The lowest BCUT2D eigenvalue weighted by Crippen LogP contribution is -2.28. The third kappa shape index (κ3) is 3.20. The van der Waals surface area contributed by atoms with Crippen LogP contribution in [0.4, 0.5) is 0 Å². The highest BCUT2D eigenvalue weighted by Gasteiger charge is 2.29. The number of aliphatic hydroxyl groups is 1. The SMILES string of the molecule is OCCN(Cc1coc(-c2cccc(Cl)c2)n1)C1CC1. The average Bonchev–Trinajstić information content (AvgIpc) is 3.18. The van der Waals surface area contributed by atoms with Crippen molar-refractivity contribution in [3.63, 3.8) is 0 Å². The highest BCUT2D eigenvalue weighted by Crippen LogP contribution is 2.28. The molecule has 0 bridgehead atoms. The van der Waals surface area contributed by atoms with Gasteiger partial charge >= 0.3 is 0 Å². The van der Waals surface area contributed by atoms with E-state index in [-0.39, 0.29) is 6.61 Å². The molecule has 106 valence electrons. The molecule has 4 nitrogen and oxygen atoms in total. The number of rotatable bonds is 6. The van der Waals surface area contributed by atoms with Crippen molar-refractivity contribution in [1.82, 2.24) is 9.88 Å². The second-order valence-corrected chi connectivity index (χ2v) is 5.52. The van der Waals surface area contributed by atoms with Crippen LogP contribution in [0, 0.1) is 0 Å². The molecule has 1 aliphatic carbocycles. The maximum Gasteiger partial charge on any atom is 0.226 e. The maximum absolute atomic E-state index is 9.10. The summed E-state index contributed by atoms with van der Waals surface area (Å²) < 4.78 is 5.53. The number of oxazole rings is 1. The molecule has 2 aromatic rings. The van der Waals surface area contributed by atoms with Crippen LogP contribution in [0.1, 0.15) is 18.5 Å². The number of aromatic nitrogens is 1. The fourth-order valence-electron chi connectivity index (χ4n) is 2.30. The Bertz CT molecular complexity index is 581. The fourth-order valence-corrected chi connectivity index (χ4v) is 2.49. The van der Waals surface area contributed by atoms with E-state index in [4.69, 9.17) is 21.1 Å². The lowest BCUT2D eigenvalue weighted by molar-refractivity contribution is 0.182. The monoisotopic (exact) mass is 292 g/mol. The molecule has 1 heterocycles. The first-order valence-corrected chi connectivity index (χ1v) is 7.19. The number of halogens is 1. The van der Waals surface area contributed by atoms with Gasteiger partial charge in [-0.1, -0.05) is 17.7 Å². The largest absolute Gasteiger partial charge is 0.444 e. The molecular formula is C15H17ClN2O2. The van der Waals surface area contributed by atoms with E-state index in [1.54, 1.807) is 6.26 Å². The second kappa shape index (κ2) is 5.95. The van der Waals surface area contributed by atoms with Gasteiger partial charge in [-0.3, -0.25) is 4.90 Å². The Morgan fingerprint density at radius 2 is 2.25 bits per heavy atom. The second-order valence-electron chi connectivity index (χ2n) is 5.08. The van der Waals surface area contributed by atoms with Crippen molar-refractivity contribution >= 4 is 11.6 Å². The van der Waals surface area contributed by atoms with Crippen molar-refractivity contribution in [2.45, 2.75) is 25.4 Å². The third-order valence-corrected chi connectivity index (χ3v) is 3.67. The van der Waals surface area contributed by atoms with Gasteiger partial charge in [0.1, 0.15) is 6.26 Å². The zero-order valence-corrected chi connectivity index (χ0v) is 11.9. The molecule has 0 unspecified atom stereocenters. The Kier molecular flexibility index (Phi) is 4.05. The highest BCUT2D eigenvalue weighted by atomic mass is 35.5. The molecule has 5 heteroatoms. The van der Waals surface area contributed by atoms with Crippen LogP contribution in [-0.2, 0) is 6.54 Å². The Labute approximate surface area is 123 Å². The molecule has 1 N–H and O–H groups in total. The molecule has 1 saturated carbocycles. The molecule has 20 heavy (non-hydrogen) atoms. The van der Waals surface area contributed by atoms with Gasteiger partial charge in [-0.05, 0) is 31.0 Å². The van der Waals surface area contributed by atoms with Crippen LogP contribution in [-0.4, -0.2) is 34.2 Å². The normalized spacial score (nSPS) is 14.9. The van der Waals surface area contributed by atoms with Gasteiger partial charge < -0.3 is 9.52 Å². The molecule has 0 radical (unpaired) electrons. The highest BCUT2D eigenvalue weighted by molar-refractivity contribution is 6.30. The van der Waals surface area contributed by atoms with E-state index >= 15 is 0 Å². The summed E-state index contributed by atoms with van der Waals surface area (Å²) in [6.45, 7) is 1.58. The van der Waals surface area contributed by atoms with Gasteiger partial charge in [0.15, 0.2) is 0 Å². The van der Waals surface area contributed by atoms with Crippen molar-refractivity contribution < 1.29 is 9.52 Å². The van der Waals surface area contributed by atoms with Crippen molar-refractivity contribution in [1.29, 1.82) is 0 Å². The maximum atomic E-state index is 9.10. The zero-order valence-electron chi connectivity index (χ0n) is 11.1. The first-order valence-electron chi connectivity index (χ1n) is 6.81. The number of nitrogens with zero attached hydrogens (tertiary/aromatic N) is 2. The van der Waals surface area contributed by atoms with Gasteiger partial charge in [-0.15, -0.1) is 0 Å². The first kappa shape index (κ1) is 13.6. The molecule has 1 aromatic heterocycles. The van der Waals surface area contributed by atoms with Crippen LogP contribution < -0.4 is 0 Å². The third-order valence-electron chi connectivity index (χ3n) is 3.44. The molecule has 0 spiro atoms. The van der Waals surface area contributed by atoms with E-state index < -0.39 is 0 Å². The Morgan fingerprint density at radius 3 is 2.95 bits per heavy atom. The predicted molar refractivity (Wildman–Crippen MR) is 77.5 cm³/mol. The summed E-state index contributed by atoms with van der Waals surface area (Å²) in [5, 5.41) is 9.77. The number of hydrogen-bond donors (Lipinski definition) is 1. The molecule has 3 rings (SSSR count). The summed E-state index contributed by atoms with van der Waals surface area (Å²) in [4.78, 5) is 6.75. The van der Waals surface area contributed by atoms with Crippen LogP contribution in [0.15, 0.2) is 34.9 Å². The number of benzene rings is 1. The number of hydrogen-bond acceptors (Lipinski definition) is 4. The quantitative estimate of drug-likeness (QED) is 0.889. The molecule has 0 atom stereocenters. The molecule has 0 saturated heterocycles. The summed E-state index contributed by atoms with van der Waals surface area (Å²) in [5.74, 6) is 0.585. The lowest BCUT2D eigenvalue weighted by Gasteiger charge is -2.18. The minimum absolute atomic E-state index is 0.176. The molecule has 1 aliphatic rings. The summed E-state index contributed by atoms with van der Waals surface area (Å²) in [5.41, 5.74) is 1.77. The average molecular weight is 293 g/mol. The minimum Gasteiger partial charge on any atom is -0.444 e. The molecule has 1 fully saturated rings. The van der Waals surface area contributed by atoms with Crippen LogP contribution in [0.5, 0.6) is 0 Å². The van der Waals surface area contributed by atoms with Crippen molar-refractivity contribution in [3.8, 4) is 11.5 Å². The van der Waals surface area contributed by atoms with Crippen molar-refractivity contribution in [3.05, 3.63) is 41.2 Å². The van der Waals surface area contributed by atoms with Crippen LogP contribution in [0.3, 0.4) is 0 Å². The van der Waals surface area contributed by atoms with Gasteiger partial charge in [0.25, 0.3) is 0 Å². The van der Waals surface area contributed by atoms with E-state index in [2.05, 4.69) is 9.88 Å². The van der Waals surface area contributed by atoms with Gasteiger partial charge in [0.2, 0.25) is 5.89 Å². The fraction of sp³-hybridized carbons (Fsp3) is 0.400. The van der Waals surface area contributed by atoms with E-state index in [0.29, 0.717) is 23.5 Å². The first-order chi connectivity index (χ1) is 9.76. The minimum atomic E-state index is 0.176. The predicted octanol–water partition coefficient (Wildman–Crippen LogP) is 2.95. The van der Waals surface area contributed by atoms with Gasteiger partial charge in [-0.2, -0.15) is 0 Å². The van der Waals surface area contributed by atoms with E-state index in [1.165, 1.54) is 12.8 Å². The van der Waals surface area contributed by atoms with Crippen LogP contribution in [0.2, 0.25) is 5.02 Å². The zero-order chi connectivity index (χ0) is 13.9. The van der Waals surface area contributed by atoms with Gasteiger partial charge in [-0.25, -0.2) is 4.98 Å². The summed E-state index contributed by atoms with van der Waals surface area (Å²) in [7, 11) is 0. The molecule has 1 aromatic carbocycles. The van der Waals surface area contributed by atoms with E-state index in [1.807, 2.05) is 24.3 Å². The smallest absolute Gasteiger partial charge is 0.226 e. The Hall–Kier alpha value is -1.36. The Morgan fingerprint density at radius 1 is 1.40 bits per heavy atom. The summed E-state index contributed by atoms with van der Waals surface area (Å²) in [6, 6.07) is 8.06. The van der Waals surface area contributed by atoms with Crippen LogP contribution >= 0.6 is 11.6 Å². The van der Waals surface area contributed by atoms with E-state index in [9.17, 15) is 0 Å². The van der Waals surface area contributed by atoms with Gasteiger partial charge in [0.05, 0.1) is 12.3 Å². The van der Waals surface area contributed by atoms with Gasteiger partial charge in [0, 0.05) is 29.7 Å². The topological polar surface area (TPSA) is 49.5 Å². The standard InChI is InChI=1S/C15H17ClN2O2/c16-12-3-1-2-11(8-12)15-17-13(10-20-15)9-18(6-7-19)14-4-5-14/h1-3,8,10,14,19H,4-7,9H2. The Balaban J connectivity index is 1.73. The number of aliphatic hydroxyl groups excluding tert-OH is 1. The lowest BCUT2D eigenvalue weighted by atomic mass is 10.2. The van der Waals surface area contributed by atoms with Crippen LogP contribution in [0.25, 0.3) is 11.5 Å².